The Morgan fingerprint density at radius 3 is 2.12 bits per heavy atom. The van der Waals surface area contributed by atoms with Crippen molar-refractivity contribution in [2.45, 2.75) is 52.4 Å². The molecule has 4 nitrogen and oxygen atoms in total. The summed E-state index contributed by atoms with van der Waals surface area (Å²) in [5.74, 6) is -1.04. The summed E-state index contributed by atoms with van der Waals surface area (Å²) in [4.78, 5) is 11.7. The van der Waals surface area contributed by atoms with Gasteiger partial charge >= 0.3 is 5.82 Å². The molecular formula is C20H24N2O2. The minimum Gasteiger partial charge on any atom is -0.538 e. The Balaban J connectivity index is 2.45. The van der Waals surface area contributed by atoms with Gasteiger partial charge < -0.3 is 9.90 Å². The number of imidazole rings is 1. The van der Waals surface area contributed by atoms with Gasteiger partial charge in [0.2, 0.25) is 0 Å². The summed E-state index contributed by atoms with van der Waals surface area (Å²) < 4.78 is 3.40. The number of carbonyl (C=O) groups is 1. The van der Waals surface area contributed by atoms with E-state index in [0.29, 0.717) is 0 Å². The first kappa shape index (κ1) is 16.5. The zero-order valence-corrected chi connectivity index (χ0v) is 15.2. The van der Waals surface area contributed by atoms with Crippen LogP contribution in [0.1, 0.15) is 63.3 Å². The van der Waals surface area contributed by atoms with E-state index in [0.717, 1.165) is 11.0 Å². The minimum absolute atomic E-state index is 0.00765. The van der Waals surface area contributed by atoms with Gasteiger partial charge in [-0.2, -0.15) is 8.80 Å². The highest BCUT2D eigenvalue weighted by Crippen LogP contribution is 2.27. The van der Waals surface area contributed by atoms with Crippen molar-refractivity contribution in [1.29, 1.82) is 0 Å². The lowest BCUT2D eigenvalue weighted by atomic mass is 9.86. The Morgan fingerprint density at radius 1 is 1.00 bits per heavy atom. The molecule has 0 radical (unpaired) electrons. The largest absolute Gasteiger partial charge is 0.538 e. The van der Waals surface area contributed by atoms with Gasteiger partial charge in [0, 0.05) is 0 Å². The Hall–Kier alpha value is -2.36. The van der Waals surface area contributed by atoms with Crippen LogP contribution in [0.3, 0.4) is 0 Å². The summed E-state index contributed by atoms with van der Waals surface area (Å²) in [7, 11) is 0. The molecule has 0 aliphatic rings. The summed E-state index contributed by atoms with van der Waals surface area (Å²) in [5.41, 5.74) is 4.08. The van der Waals surface area contributed by atoms with E-state index in [9.17, 15) is 9.90 Å². The molecule has 4 heteroatoms. The van der Waals surface area contributed by atoms with Gasteiger partial charge in [-0.15, -0.1) is 0 Å². The molecule has 0 spiro atoms. The molecule has 0 saturated heterocycles. The molecule has 126 valence electrons. The van der Waals surface area contributed by atoms with Gasteiger partial charge in [-0.25, -0.2) is 0 Å². The van der Waals surface area contributed by atoms with E-state index in [4.69, 9.17) is 0 Å². The van der Waals surface area contributed by atoms with E-state index in [1.54, 1.807) is 8.80 Å². The monoisotopic (exact) mass is 324 g/mol. The lowest BCUT2D eigenvalue weighted by Gasteiger charge is -2.18. The number of pyridine rings is 2. The zero-order chi connectivity index (χ0) is 17.9. The topological polar surface area (TPSA) is 48.6 Å². The van der Waals surface area contributed by atoms with Gasteiger partial charge in [-0.05, 0) is 46.2 Å². The third-order valence-electron chi connectivity index (χ3n) is 4.54. The van der Waals surface area contributed by atoms with Crippen molar-refractivity contribution in [3.8, 4) is 0 Å². The molecule has 0 bridgehead atoms. The second-order valence-electron chi connectivity index (χ2n) is 8.45. The maximum absolute atomic E-state index is 11.7. The highest BCUT2D eigenvalue weighted by molar-refractivity contribution is 5.85. The van der Waals surface area contributed by atoms with Crippen molar-refractivity contribution in [1.82, 2.24) is 4.40 Å². The standard InChI is InChI=1S/C20H24N2O2/c1-19(2,3)13-7-9-21-15(11-13)16-12-14(20(4,5)6)8-10-22(16)17(21)18(23)24/h7-12H,1-6H3. The van der Waals surface area contributed by atoms with E-state index >= 15 is 0 Å². The molecule has 0 N–H and O–H groups in total. The number of carboxylic acids is 1. The van der Waals surface area contributed by atoms with Crippen LogP contribution >= 0.6 is 0 Å². The molecule has 24 heavy (non-hydrogen) atoms. The minimum atomic E-state index is -1.18. The second kappa shape index (κ2) is 5.07. The summed E-state index contributed by atoms with van der Waals surface area (Å²) in [6.45, 7) is 12.9. The lowest BCUT2D eigenvalue weighted by Crippen LogP contribution is -2.37. The highest BCUT2D eigenvalue weighted by Gasteiger charge is 2.25. The smallest absolute Gasteiger partial charge is 0.315 e. The number of hydrogen-bond donors (Lipinski definition) is 0. The van der Waals surface area contributed by atoms with Crippen LogP contribution in [-0.2, 0) is 10.8 Å². The molecule has 0 aliphatic heterocycles. The molecule has 3 rings (SSSR count). The Morgan fingerprint density at radius 2 is 1.58 bits per heavy atom. The number of carbonyl (C=O) groups excluding carboxylic acids is 1. The van der Waals surface area contributed by atoms with Crippen LogP contribution in [0, 0.1) is 0 Å². The lowest BCUT2D eigenvalue weighted by molar-refractivity contribution is -0.520. The predicted molar refractivity (Wildman–Crippen MR) is 92.3 cm³/mol. The van der Waals surface area contributed by atoms with Gasteiger partial charge in [0.05, 0.1) is 12.4 Å². The number of aromatic carboxylic acids is 1. The maximum Gasteiger partial charge on any atom is 0.315 e. The molecule has 3 aromatic heterocycles. The van der Waals surface area contributed by atoms with Crippen molar-refractivity contribution in [2.75, 3.05) is 0 Å². The van der Waals surface area contributed by atoms with Gasteiger partial charge in [-0.1, -0.05) is 41.5 Å². The van der Waals surface area contributed by atoms with Crippen molar-refractivity contribution in [3.63, 3.8) is 0 Å². The number of rotatable bonds is 1. The maximum atomic E-state index is 11.7. The van der Waals surface area contributed by atoms with Crippen LogP contribution in [0.4, 0.5) is 0 Å². The third kappa shape index (κ3) is 2.56. The zero-order valence-electron chi connectivity index (χ0n) is 15.2. The van der Waals surface area contributed by atoms with Crippen LogP contribution in [0.15, 0.2) is 36.7 Å². The molecule has 0 amide bonds. The molecule has 0 atom stereocenters. The second-order valence-corrected chi connectivity index (χ2v) is 8.45. The summed E-state index contributed by atoms with van der Waals surface area (Å²) in [6.07, 6.45) is 3.65. The van der Waals surface area contributed by atoms with Crippen molar-refractivity contribution in [2.24, 2.45) is 0 Å². The quantitative estimate of drug-likeness (QED) is 0.646. The first-order valence-corrected chi connectivity index (χ1v) is 8.22. The van der Waals surface area contributed by atoms with E-state index in [1.165, 1.54) is 11.1 Å². The number of nitrogens with zero attached hydrogens (tertiary/aromatic N) is 2. The predicted octanol–water partition coefficient (Wildman–Crippen LogP) is 2.64. The number of carboxylic acid groups (broad SMARTS) is 1. The average molecular weight is 324 g/mol. The Labute approximate surface area is 142 Å². The van der Waals surface area contributed by atoms with Gasteiger partial charge in [0.15, 0.2) is 17.0 Å². The molecular weight excluding hydrogens is 300 g/mol. The number of hydrogen-bond acceptors (Lipinski definition) is 2. The molecule has 0 unspecified atom stereocenters. The first-order valence-electron chi connectivity index (χ1n) is 8.22. The molecule has 0 fully saturated rings. The van der Waals surface area contributed by atoms with Gasteiger partial charge in [-0.3, -0.25) is 0 Å². The fourth-order valence-electron chi connectivity index (χ4n) is 3.01. The highest BCUT2D eigenvalue weighted by atomic mass is 16.4. The SMILES string of the molecule is CC(C)(C)c1ccn2c(C(=O)[O-])[n+]3ccc(C(C)(C)C)cc3c2c1. The Kier molecular flexibility index (Phi) is 3.48. The molecule has 3 aromatic rings. The van der Waals surface area contributed by atoms with E-state index in [2.05, 4.69) is 53.7 Å². The van der Waals surface area contributed by atoms with Crippen LogP contribution in [0.2, 0.25) is 0 Å². The normalized spacial score (nSPS) is 12.9. The van der Waals surface area contributed by atoms with E-state index in [1.807, 2.05) is 24.5 Å². The molecule has 0 aliphatic carbocycles. The first-order chi connectivity index (χ1) is 11.0. The van der Waals surface area contributed by atoms with Crippen molar-refractivity contribution >= 4 is 17.0 Å². The molecule has 0 aromatic carbocycles. The molecule has 3 heterocycles. The average Bonchev–Trinajstić information content (AvgIpc) is 2.78. The number of aromatic nitrogens is 2. The van der Waals surface area contributed by atoms with Crippen LogP contribution < -0.4 is 9.51 Å². The van der Waals surface area contributed by atoms with E-state index < -0.39 is 5.97 Å². The van der Waals surface area contributed by atoms with Crippen molar-refractivity contribution < 1.29 is 14.3 Å². The van der Waals surface area contributed by atoms with Crippen molar-refractivity contribution in [3.05, 3.63) is 53.6 Å². The fourth-order valence-corrected chi connectivity index (χ4v) is 3.01. The van der Waals surface area contributed by atoms with Gasteiger partial charge in [0.1, 0.15) is 0 Å². The fraction of sp³-hybridized carbons (Fsp3) is 0.400. The summed E-state index contributed by atoms with van der Waals surface area (Å²) in [5, 5.41) is 11.7. The third-order valence-corrected chi connectivity index (χ3v) is 4.54. The summed E-state index contributed by atoms with van der Waals surface area (Å²) in [6, 6.07) is 8.11. The van der Waals surface area contributed by atoms with Gasteiger partial charge in [0.25, 0.3) is 0 Å². The summed E-state index contributed by atoms with van der Waals surface area (Å²) >= 11 is 0. The Bertz CT molecular complexity index is 882. The van der Waals surface area contributed by atoms with Crippen LogP contribution in [0.25, 0.3) is 11.0 Å². The van der Waals surface area contributed by atoms with Crippen LogP contribution in [0.5, 0.6) is 0 Å². The number of fused-ring (bicyclic) bond motifs is 3. The molecule has 0 saturated carbocycles. The van der Waals surface area contributed by atoms with Crippen LogP contribution in [-0.4, -0.2) is 10.4 Å². The van der Waals surface area contributed by atoms with E-state index in [-0.39, 0.29) is 16.7 Å².